The van der Waals surface area contributed by atoms with Crippen LogP contribution in [-0.2, 0) is 15.7 Å². The number of methoxy groups -OCH3 is 1. The molecule has 31 heavy (non-hydrogen) atoms. The van der Waals surface area contributed by atoms with E-state index in [1.54, 1.807) is 7.11 Å². The van der Waals surface area contributed by atoms with Crippen molar-refractivity contribution in [3.8, 4) is 0 Å². The second-order valence-electron chi connectivity index (χ2n) is 7.65. The van der Waals surface area contributed by atoms with E-state index in [-0.39, 0.29) is 17.6 Å². The Morgan fingerprint density at radius 2 is 1.45 bits per heavy atom. The molecule has 7 heteroatoms. The van der Waals surface area contributed by atoms with Gasteiger partial charge >= 0.3 is 12.1 Å². The van der Waals surface area contributed by atoms with E-state index < -0.39 is 11.7 Å². The van der Waals surface area contributed by atoms with Gasteiger partial charge in [-0.1, -0.05) is 29.3 Å². The van der Waals surface area contributed by atoms with Crippen LogP contribution in [0.25, 0.3) is 0 Å². The Balaban J connectivity index is 0.000000245. The highest BCUT2D eigenvalue weighted by atomic mass is 19.4. The molecule has 2 aromatic carbocycles. The van der Waals surface area contributed by atoms with Gasteiger partial charge in [0, 0.05) is 12.7 Å². The van der Waals surface area contributed by atoms with Gasteiger partial charge in [0.05, 0.1) is 17.2 Å². The van der Waals surface area contributed by atoms with E-state index in [1.807, 2.05) is 26.0 Å². The number of esters is 1. The van der Waals surface area contributed by atoms with Crippen molar-refractivity contribution in [3.63, 3.8) is 0 Å². The van der Waals surface area contributed by atoms with Crippen molar-refractivity contribution in [1.82, 2.24) is 0 Å². The molecule has 1 aliphatic rings. The maximum Gasteiger partial charge on any atom is 0.416 e. The molecule has 0 saturated heterocycles. The second kappa shape index (κ2) is 11.1. The number of aldehydes is 1. The zero-order valence-corrected chi connectivity index (χ0v) is 17.9. The van der Waals surface area contributed by atoms with Crippen LogP contribution in [0.2, 0.25) is 0 Å². The lowest BCUT2D eigenvalue weighted by Gasteiger charge is -2.27. The molecule has 1 aliphatic carbocycles. The Morgan fingerprint density at radius 1 is 0.935 bits per heavy atom. The lowest BCUT2D eigenvalue weighted by atomic mass is 9.95. The first-order chi connectivity index (χ1) is 14.6. The van der Waals surface area contributed by atoms with Gasteiger partial charge in [-0.2, -0.15) is 13.2 Å². The monoisotopic (exact) mass is 436 g/mol. The first kappa shape index (κ1) is 24.6. The van der Waals surface area contributed by atoms with Crippen molar-refractivity contribution in [2.45, 2.75) is 57.9 Å². The molecule has 0 N–H and O–H groups in total. The Labute approximate surface area is 180 Å². The fourth-order valence-electron chi connectivity index (χ4n) is 3.45. The number of rotatable bonds is 4. The van der Waals surface area contributed by atoms with Crippen LogP contribution in [0.15, 0.2) is 42.5 Å². The molecule has 168 valence electrons. The topological polar surface area (TPSA) is 52.6 Å². The number of carbonyl (C=O) groups is 2. The normalized spacial score (nSPS) is 18.5. The summed E-state index contributed by atoms with van der Waals surface area (Å²) in [7, 11) is 1.74. The number of benzene rings is 2. The standard InChI is InChI=1S/C16H22O3.C8H5F3O/c1-11-8-12(2)10-13(9-11)16(17)19-15-6-4-14(18-3)5-7-15;9-8(10,11)7-3-1-6(5-12)2-4-7/h8-10,14-15H,4-7H2,1-3H3;1-5H. The van der Waals surface area contributed by atoms with Gasteiger partial charge in [0.1, 0.15) is 12.4 Å². The van der Waals surface area contributed by atoms with E-state index in [2.05, 4.69) is 6.07 Å². The molecule has 3 rings (SSSR count). The quantitative estimate of drug-likeness (QED) is 0.440. The number of hydrogen-bond donors (Lipinski definition) is 0. The van der Waals surface area contributed by atoms with Gasteiger partial charge in [0.2, 0.25) is 0 Å². The number of carbonyl (C=O) groups excluding carboxylic acids is 2. The average molecular weight is 436 g/mol. The van der Waals surface area contributed by atoms with Crippen molar-refractivity contribution in [2.24, 2.45) is 0 Å². The van der Waals surface area contributed by atoms with Gasteiger partial charge < -0.3 is 9.47 Å². The predicted octanol–water partition coefficient (Wildman–Crippen LogP) is 5.94. The highest BCUT2D eigenvalue weighted by Gasteiger charge is 2.29. The predicted molar refractivity (Wildman–Crippen MR) is 111 cm³/mol. The largest absolute Gasteiger partial charge is 0.459 e. The van der Waals surface area contributed by atoms with Crippen LogP contribution < -0.4 is 0 Å². The van der Waals surface area contributed by atoms with Crippen LogP contribution in [-0.4, -0.2) is 31.6 Å². The van der Waals surface area contributed by atoms with E-state index in [0.717, 1.165) is 61.1 Å². The first-order valence-electron chi connectivity index (χ1n) is 10.1. The summed E-state index contributed by atoms with van der Waals surface area (Å²) in [5.74, 6) is -0.201. The SMILES string of the molecule is COC1CCC(OC(=O)c2cc(C)cc(C)c2)CC1.O=Cc1ccc(C(F)(F)F)cc1. The molecule has 0 spiro atoms. The van der Waals surface area contributed by atoms with E-state index >= 15 is 0 Å². The molecule has 2 aromatic rings. The summed E-state index contributed by atoms with van der Waals surface area (Å²) in [6.07, 6.45) is 0.282. The zero-order chi connectivity index (χ0) is 23.0. The molecular weight excluding hydrogens is 409 g/mol. The summed E-state index contributed by atoms with van der Waals surface area (Å²) in [6.45, 7) is 3.99. The molecule has 0 radical (unpaired) electrons. The highest BCUT2D eigenvalue weighted by molar-refractivity contribution is 5.90. The van der Waals surface area contributed by atoms with Crippen molar-refractivity contribution < 1.29 is 32.2 Å². The molecule has 0 unspecified atom stereocenters. The van der Waals surface area contributed by atoms with E-state index in [0.29, 0.717) is 18.0 Å². The van der Waals surface area contributed by atoms with Gasteiger partial charge in [-0.3, -0.25) is 4.79 Å². The zero-order valence-electron chi connectivity index (χ0n) is 17.9. The molecule has 0 atom stereocenters. The Morgan fingerprint density at radius 3 is 1.90 bits per heavy atom. The fourth-order valence-corrected chi connectivity index (χ4v) is 3.45. The number of halogens is 3. The third kappa shape index (κ3) is 7.83. The molecule has 0 bridgehead atoms. The maximum absolute atomic E-state index is 12.1. The molecular formula is C24H27F3O4. The summed E-state index contributed by atoms with van der Waals surface area (Å²) in [5, 5.41) is 0. The summed E-state index contributed by atoms with van der Waals surface area (Å²) in [4.78, 5) is 22.2. The van der Waals surface area contributed by atoms with Crippen LogP contribution in [0, 0.1) is 13.8 Å². The summed E-state index contributed by atoms with van der Waals surface area (Å²) < 4.78 is 46.7. The lowest BCUT2D eigenvalue weighted by molar-refractivity contribution is -0.137. The third-order valence-corrected chi connectivity index (χ3v) is 5.06. The summed E-state index contributed by atoms with van der Waals surface area (Å²) in [5.41, 5.74) is 2.34. The minimum atomic E-state index is -4.33. The molecule has 0 amide bonds. The molecule has 1 saturated carbocycles. The van der Waals surface area contributed by atoms with Crippen LogP contribution >= 0.6 is 0 Å². The van der Waals surface area contributed by atoms with Gasteiger partial charge in [0.25, 0.3) is 0 Å². The number of alkyl halides is 3. The minimum absolute atomic E-state index is 0.0414. The number of aryl methyl sites for hydroxylation is 2. The van der Waals surface area contributed by atoms with Crippen LogP contribution in [0.4, 0.5) is 13.2 Å². The summed E-state index contributed by atoms with van der Waals surface area (Å²) >= 11 is 0. The van der Waals surface area contributed by atoms with Gasteiger partial charge in [-0.25, -0.2) is 4.79 Å². The molecule has 4 nitrogen and oxygen atoms in total. The van der Waals surface area contributed by atoms with E-state index in [1.165, 1.54) is 0 Å². The van der Waals surface area contributed by atoms with Gasteiger partial charge in [-0.15, -0.1) is 0 Å². The van der Waals surface area contributed by atoms with Crippen molar-refractivity contribution >= 4 is 12.3 Å². The molecule has 1 fully saturated rings. The Kier molecular flexibility index (Phi) is 8.80. The maximum atomic E-state index is 12.1. The number of ether oxygens (including phenoxy) is 2. The minimum Gasteiger partial charge on any atom is -0.459 e. The molecule has 0 aromatic heterocycles. The number of hydrogen-bond acceptors (Lipinski definition) is 4. The Hall–Kier alpha value is -2.67. The first-order valence-corrected chi connectivity index (χ1v) is 10.1. The third-order valence-electron chi connectivity index (χ3n) is 5.06. The lowest BCUT2D eigenvalue weighted by Crippen LogP contribution is -2.27. The van der Waals surface area contributed by atoms with Crippen LogP contribution in [0.3, 0.4) is 0 Å². The smallest absolute Gasteiger partial charge is 0.416 e. The van der Waals surface area contributed by atoms with Crippen molar-refractivity contribution in [1.29, 1.82) is 0 Å². The summed E-state index contributed by atoms with van der Waals surface area (Å²) in [6, 6.07) is 9.85. The fraction of sp³-hybridized carbons (Fsp3) is 0.417. The van der Waals surface area contributed by atoms with E-state index in [4.69, 9.17) is 9.47 Å². The van der Waals surface area contributed by atoms with Gasteiger partial charge in [0.15, 0.2) is 0 Å². The van der Waals surface area contributed by atoms with Crippen LogP contribution in [0.5, 0.6) is 0 Å². The van der Waals surface area contributed by atoms with Crippen molar-refractivity contribution in [3.05, 3.63) is 70.3 Å². The Bertz CT molecular complexity index is 847. The molecule has 0 aliphatic heterocycles. The molecule has 0 heterocycles. The van der Waals surface area contributed by atoms with Crippen molar-refractivity contribution in [2.75, 3.05) is 7.11 Å². The highest BCUT2D eigenvalue weighted by Crippen LogP contribution is 2.28. The second-order valence-corrected chi connectivity index (χ2v) is 7.65. The van der Waals surface area contributed by atoms with E-state index in [9.17, 15) is 22.8 Å². The van der Waals surface area contributed by atoms with Gasteiger partial charge in [-0.05, 0) is 63.8 Å². The van der Waals surface area contributed by atoms with Crippen LogP contribution in [0.1, 0.15) is 63.1 Å². The average Bonchev–Trinajstić information content (AvgIpc) is 2.73.